The maximum absolute atomic E-state index is 10.4. The summed E-state index contributed by atoms with van der Waals surface area (Å²) < 4.78 is 27.7. The quantitative estimate of drug-likeness (QED) is 0.154. The van der Waals surface area contributed by atoms with Crippen molar-refractivity contribution in [3.05, 3.63) is 53.6 Å². The molecule has 0 amide bonds. The number of rotatable bonds is 10. The van der Waals surface area contributed by atoms with Crippen molar-refractivity contribution in [1.82, 2.24) is 0 Å². The molecule has 10 atom stereocenters. The van der Waals surface area contributed by atoms with Crippen LogP contribution in [0.2, 0.25) is 0 Å². The Hall–Kier alpha value is -2.56. The first-order chi connectivity index (χ1) is 19.1. The van der Waals surface area contributed by atoms with E-state index < -0.39 is 74.6 Å². The molecule has 2 aliphatic rings. The highest BCUT2D eigenvalue weighted by Gasteiger charge is 2.46. The molecule has 2 saturated heterocycles. The lowest BCUT2D eigenvalue weighted by atomic mass is 9.99. The van der Waals surface area contributed by atoms with Crippen LogP contribution in [0, 0.1) is 0 Å². The van der Waals surface area contributed by atoms with E-state index in [9.17, 15) is 40.9 Å². The van der Waals surface area contributed by atoms with E-state index in [-0.39, 0.29) is 11.5 Å². The van der Waals surface area contributed by atoms with Crippen molar-refractivity contribution in [1.29, 1.82) is 0 Å². The van der Waals surface area contributed by atoms with Crippen LogP contribution in [0.15, 0.2) is 42.5 Å². The monoisotopic (exact) mass is 568 g/mol. The fraction of sp³-hybridized carbons (Fsp3) is 0.556. The highest BCUT2D eigenvalue weighted by atomic mass is 16.7. The van der Waals surface area contributed by atoms with Gasteiger partial charge >= 0.3 is 0 Å². The SMILES string of the molecule is COc1ccc(CCc2cc(O[C@@H]3O[C@H](CO)[C@@H](O)[C@H](O)[C@H]3O)cc(O[C@@H]3O[C@H](CO)[C@@H](O)[C@H](O)[C@H]3O)c2)cc1. The second-order valence-electron chi connectivity index (χ2n) is 9.79. The third kappa shape index (κ3) is 6.83. The van der Waals surface area contributed by atoms with E-state index in [1.807, 2.05) is 24.3 Å². The summed E-state index contributed by atoms with van der Waals surface area (Å²) in [5, 5.41) is 80.2. The minimum atomic E-state index is -1.64. The molecule has 0 spiro atoms. The van der Waals surface area contributed by atoms with Crippen molar-refractivity contribution >= 4 is 0 Å². The molecule has 0 radical (unpaired) electrons. The largest absolute Gasteiger partial charge is 0.497 e. The van der Waals surface area contributed by atoms with Gasteiger partial charge in [-0.15, -0.1) is 0 Å². The molecule has 0 aliphatic carbocycles. The van der Waals surface area contributed by atoms with Gasteiger partial charge in [-0.25, -0.2) is 0 Å². The molecule has 13 heteroatoms. The number of hydrogen-bond acceptors (Lipinski definition) is 13. The maximum atomic E-state index is 10.4. The molecule has 8 N–H and O–H groups in total. The van der Waals surface area contributed by atoms with Gasteiger partial charge in [0.05, 0.1) is 20.3 Å². The number of ether oxygens (including phenoxy) is 5. The smallest absolute Gasteiger partial charge is 0.229 e. The predicted octanol–water partition coefficient (Wildman–Crippen LogP) is -2.16. The zero-order valence-electron chi connectivity index (χ0n) is 21.8. The predicted molar refractivity (Wildman–Crippen MR) is 136 cm³/mol. The first-order valence-corrected chi connectivity index (χ1v) is 12.9. The first kappa shape index (κ1) is 30.4. The molecule has 0 aromatic heterocycles. The normalized spacial score (nSPS) is 34.3. The Bertz CT molecular complexity index is 1020. The summed E-state index contributed by atoms with van der Waals surface area (Å²) >= 11 is 0. The summed E-state index contributed by atoms with van der Waals surface area (Å²) in [7, 11) is 1.58. The lowest BCUT2D eigenvalue weighted by molar-refractivity contribution is -0.278. The van der Waals surface area contributed by atoms with Gasteiger partial charge in [0, 0.05) is 6.07 Å². The number of aliphatic hydroxyl groups is 8. The summed E-state index contributed by atoms with van der Waals surface area (Å²) in [5.74, 6) is 0.959. The molecule has 0 unspecified atom stereocenters. The summed E-state index contributed by atoms with van der Waals surface area (Å²) in [6.07, 6.45) is -13.8. The first-order valence-electron chi connectivity index (χ1n) is 12.9. The molecule has 2 heterocycles. The fourth-order valence-corrected chi connectivity index (χ4v) is 4.59. The minimum Gasteiger partial charge on any atom is -0.497 e. The second-order valence-corrected chi connectivity index (χ2v) is 9.79. The minimum absolute atomic E-state index is 0.121. The van der Waals surface area contributed by atoms with Crippen LogP contribution < -0.4 is 14.2 Å². The van der Waals surface area contributed by atoms with E-state index in [0.29, 0.717) is 24.2 Å². The number of aryl methyl sites for hydroxylation is 2. The Labute approximate surface area is 230 Å². The van der Waals surface area contributed by atoms with E-state index in [1.165, 1.54) is 6.07 Å². The zero-order valence-corrected chi connectivity index (χ0v) is 21.8. The molecule has 222 valence electrons. The average Bonchev–Trinajstić information content (AvgIpc) is 2.96. The second kappa shape index (κ2) is 13.4. The van der Waals surface area contributed by atoms with Gasteiger partial charge in [0.15, 0.2) is 0 Å². The van der Waals surface area contributed by atoms with Gasteiger partial charge < -0.3 is 64.5 Å². The van der Waals surface area contributed by atoms with Crippen molar-refractivity contribution < 1.29 is 64.5 Å². The van der Waals surface area contributed by atoms with E-state index in [4.69, 9.17) is 23.7 Å². The van der Waals surface area contributed by atoms with Gasteiger partial charge in [-0.3, -0.25) is 0 Å². The zero-order chi connectivity index (χ0) is 29.0. The number of benzene rings is 2. The third-order valence-corrected chi connectivity index (χ3v) is 7.00. The van der Waals surface area contributed by atoms with Crippen LogP contribution >= 0.6 is 0 Å². The van der Waals surface area contributed by atoms with E-state index in [0.717, 1.165) is 5.56 Å². The molecule has 0 saturated carbocycles. The van der Waals surface area contributed by atoms with Crippen LogP contribution in [0.3, 0.4) is 0 Å². The topological polar surface area (TPSA) is 208 Å². The van der Waals surface area contributed by atoms with Crippen LogP contribution in [0.5, 0.6) is 17.2 Å². The van der Waals surface area contributed by atoms with Crippen LogP contribution in [0.25, 0.3) is 0 Å². The molecule has 2 aliphatic heterocycles. The van der Waals surface area contributed by atoms with Crippen LogP contribution in [0.4, 0.5) is 0 Å². The highest BCUT2D eigenvalue weighted by Crippen LogP contribution is 2.31. The molecule has 40 heavy (non-hydrogen) atoms. The highest BCUT2D eigenvalue weighted by molar-refractivity contribution is 5.39. The van der Waals surface area contributed by atoms with Crippen LogP contribution in [-0.2, 0) is 22.3 Å². The fourth-order valence-electron chi connectivity index (χ4n) is 4.59. The van der Waals surface area contributed by atoms with Crippen molar-refractivity contribution in [3.63, 3.8) is 0 Å². The Morgan fingerprint density at radius 3 is 1.45 bits per heavy atom. The van der Waals surface area contributed by atoms with Crippen molar-refractivity contribution in [3.8, 4) is 17.2 Å². The van der Waals surface area contributed by atoms with Crippen molar-refractivity contribution in [2.45, 2.75) is 74.3 Å². The Kier molecular flexibility index (Phi) is 10.2. The van der Waals surface area contributed by atoms with Crippen molar-refractivity contribution in [2.75, 3.05) is 20.3 Å². The number of hydrogen-bond donors (Lipinski definition) is 8. The lowest BCUT2D eigenvalue weighted by Crippen LogP contribution is -2.60. The number of methoxy groups -OCH3 is 1. The van der Waals surface area contributed by atoms with Gasteiger partial charge in [0.25, 0.3) is 0 Å². The summed E-state index contributed by atoms with van der Waals surface area (Å²) in [6.45, 7) is -1.25. The average molecular weight is 569 g/mol. The van der Waals surface area contributed by atoms with Crippen LogP contribution in [-0.4, -0.2) is 123 Å². The summed E-state index contributed by atoms with van der Waals surface area (Å²) in [6, 6.07) is 12.2. The van der Waals surface area contributed by atoms with Gasteiger partial charge in [-0.1, -0.05) is 12.1 Å². The Morgan fingerprint density at radius 1 is 0.575 bits per heavy atom. The lowest BCUT2D eigenvalue weighted by Gasteiger charge is -2.40. The summed E-state index contributed by atoms with van der Waals surface area (Å²) in [4.78, 5) is 0. The molecular weight excluding hydrogens is 532 g/mol. The molecule has 13 nitrogen and oxygen atoms in total. The molecular formula is C27H36O13. The number of aliphatic hydroxyl groups excluding tert-OH is 8. The molecule has 2 aromatic rings. The van der Waals surface area contributed by atoms with Gasteiger partial charge in [-0.2, -0.15) is 0 Å². The summed E-state index contributed by atoms with van der Waals surface area (Å²) in [5.41, 5.74) is 1.70. The van der Waals surface area contributed by atoms with Crippen LogP contribution in [0.1, 0.15) is 11.1 Å². The standard InChI is InChI=1S/C27H36O13/c1-36-15-6-4-13(5-7-15)2-3-14-8-16(37-26-24(34)22(32)20(30)18(11-28)39-26)10-17(9-14)38-27-25(35)23(33)21(31)19(12-29)40-27/h4-10,18-35H,2-3,11-12H2,1H3/t18-,19-,20-,21-,22+,23+,24-,25-,26-,27-/m1/s1. The van der Waals surface area contributed by atoms with Gasteiger partial charge in [0.2, 0.25) is 12.6 Å². The molecule has 0 bridgehead atoms. The third-order valence-electron chi connectivity index (χ3n) is 7.00. The Morgan fingerprint density at radius 2 is 1.02 bits per heavy atom. The molecule has 4 rings (SSSR count). The van der Waals surface area contributed by atoms with E-state index >= 15 is 0 Å². The molecule has 2 fully saturated rings. The van der Waals surface area contributed by atoms with Gasteiger partial charge in [0.1, 0.15) is 66.1 Å². The van der Waals surface area contributed by atoms with E-state index in [1.54, 1.807) is 19.2 Å². The van der Waals surface area contributed by atoms with Gasteiger partial charge in [-0.05, 0) is 48.2 Å². The van der Waals surface area contributed by atoms with E-state index in [2.05, 4.69) is 0 Å². The Balaban J connectivity index is 1.57. The maximum Gasteiger partial charge on any atom is 0.229 e. The van der Waals surface area contributed by atoms with Crippen molar-refractivity contribution in [2.24, 2.45) is 0 Å². The molecule has 2 aromatic carbocycles.